The number of hydrogen-bond donors (Lipinski definition) is 1. The molecule has 22 heavy (non-hydrogen) atoms. The molecule has 4 nitrogen and oxygen atoms in total. The summed E-state index contributed by atoms with van der Waals surface area (Å²) in [4.78, 5) is 14.6. The van der Waals surface area contributed by atoms with Crippen molar-refractivity contribution in [3.8, 4) is 0 Å². The summed E-state index contributed by atoms with van der Waals surface area (Å²) in [6.07, 6.45) is 2.26. The number of nitrogens with zero attached hydrogens (tertiary/aromatic N) is 2. The Morgan fingerprint density at radius 1 is 1.05 bits per heavy atom. The number of aryl methyl sites for hydroxylation is 2. The maximum atomic E-state index is 12.3. The molecular weight excluding hydrogens is 274 g/mol. The maximum Gasteiger partial charge on any atom is 0.252 e. The van der Waals surface area contributed by atoms with E-state index in [2.05, 4.69) is 38.0 Å². The third kappa shape index (κ3) is 6.65. The first-order valence-corrected chi connectivity index (χ1v) is 8.46. The molecular formula is C18H33N3O. The lowest BCUT2D eigenvalue weighted by Crippen LogP contribution is -2.38. The first-order valence-electron chi connectivity index (χ1n) is 8.46. The van der Waals surface area contributed by atoms with Crippen LogP contribution in [0.25, 0.3) is 0 Å². The molecule has 126 valence electrons. The Bertz CT molecular complexity index is 431. The standard InChI is InChI=1S/C18H33N3O/c1-14(2)9-11-20(12-10-15(3)4)13-18(22)19-21-16(5)7-8-17(21)6/h7-8,14-15H,9-13H2,1-6H3,(H,19,22). The molecule has 0 atom stereocenters. The lowest BCUT2D eigenvalue weighted by atomic mass is 10.1. The number of hydrogen-bond acceptors (Lipinski definition) is 2. The van der Waals surface area contributed by atoms with Gasteiger partial charge in [-0.25, -0.2) is 0 Å². The highest BCUT2D eigenvalue weighted by atomic mass is 16.2. The molecule has 0 saturated carbocycles. The fraction of sp³-hybridized carbons (Fsp3) is 0.722. The van der Waals surface area contributed by atoms with E-state index in [1.807, 2.05) is 30.7 Å². The fourth-order valence-corrected chi connectivity index (χ4v) is 2.36. The van der Waals surface area contributed by atoms with E-state index in [1.54, 1.807) is 0 Å². The van der Waals surface area contributed by atoms with E-state index in [-0.39, 0.29) is 5.91 Å². The van der Waals surface area contributed by atoms with E-state index in [4.69, 9.17) is 0 Å². The van der Waals surface area contributed by atoms with E-state index >= 15 is 0 Å². The minimum atomic E-state index is 0.0647. The van der Waals surface area contributed by atoms with Gasteiger partial charge in [0.05, 0.1) is 6.54 Å². The minimum Gasteiger partial charge on any atom is -0.294 e. The normalized spacial score (nSPS) is 11.7. The van der Waals surface area contributed by atoms with Crippen LogP contribution in [0.4, 0.5) is 0 Å². The monoisotopic (exact) mass is 307 g/mol. The van der Waals surface area contributed by atoms with Crippen LogP contribution < -0.4 is 5.43 Å². The summed E-state index contributed by atoms with van der Waals surface area (Å²) in [5.41, 5.74) is 5.11. The highest BCUT2D eigenvalue weighted by Gasteiger charge is 2.13. The van der Waals surface area contributed by atoms with Gasteiger partial charge in [0.2, 0.25) is 0 Å². The third-order valence-corrected chi connectivity index (χ3v) is 3.92. The Morgan fingerprint density at radius 2 is 1.50 bits per heavy atom. The van der Waals surface area contributed by atoms with E-state index < -0.39 is 0 Å². The van der Waals surface area contributed by atoms with Crippen LogP contribution in [-0.4, -0.2) is 35.1 Å². The molecule has 0 aliphatic rings. The second-order valence-electron chi connectivity index (χ2n) is 7.13. The molecule has 1 aromatic rings. The van der Waals surface area contributed by atoms with Gasteiger partial charge in [0.15, 0.2) is 0 Å². The zero-order chi connectivity index (χ0) is 16.7. The number of aromatic nitrogens is 1. The molecule has 0 aliphatic heterocycles. The smallest absolute Gasteiger partial charge is 0.252 e. The van der Waals surface area contributed by atoms with Crippen molar-refractivity contribution >= 4 is 5.91 Å². The molecule has 0 aromatic carbocycles. The average Bonchev–Trinajstić information content (AvgIpc) is 2.73. The molecule has 1 heterocycles. The van der Waals surface area contributed by atoms with E-state index in [0.717, 1.165) is 37.3 Å². The van der Waals surface area contributed by atoms with Crippen LogP contribution >= 0.6 is 0 Å². The molecule has 0 unspecified atom stereocenters. The Morgan fingerprint density at radius 3 is 1.91 bits per heavy atom. The lowest BCUT2D eigenvalue weighted by molar-refractivity contribution is -0.118. The summed E-state index contributed by atoms with van der Waals surface area (Å²) >= 11 is 0. The minimum absolute atomic E-state index is 0.0647. The number of carbonyl (C=O) groups excluding carboxylic acids is 1. The van der Waals surface area contributed by atoms with Crippen molar-refractivity contribution in [1.29, 1.82) is 0 Å². The zero-order valence-electron chi connectivity index (χ0n) is 15.1. The first kappa shape index (κ1) is 18.8. The highest BCUT2D eigenvalue weighted by Crippen LogP contribution is 2.07. The van der Waals surface area contributed by atoms with Gasteiger partial charge in [-0.2, -0.15) is 0 Å². The van der Waals surface area contributed by atoms with Crippen molar-refractivity contribution in [2.24, 2.45) is 11.8 Å². The summed E-state index contributed by atoms with van der Waals surface area (Å²) in [7, 11) is 0. The van der Waals surface area contributed by atoms with Crippen LogP contribution in [0.2, 0.25) is 0 Å². The Kier molecular flexibility index (Phi) is 7.66. The van der Waals surface area contributed by atoms with Gasteiger partial charge in [-0.1, -0.05) is 27.7 Å². The molecule has 1 rings (SSSR count). The van der Waals surface area contributed by atoms with E-state index in [9.17, 15) is 4.79 Å². The number of carbonyl (C=O) groups is 1. The molecule has 0 saturated heterocycles. The fourth-order valence-electron chi connectivity index (χ4n) is 2.36. The van der Waals surface area contributed by atoms with Crippen molar-refractivity contribution in [2.75, 3.05) is 25.1 Å². The molecule has 1 N–H and O–H groups in total. The molecule has 0 aliphatic carbocycles. The predicted octanol–water partition coefficient (Wildman–Crippen LogP) is 3.57. The molecule has 1 amide bonds. The summed E-state index contributed by atoms with van der Waals surface area (Å²) in [5, 5.41) is 0. The van der Waals surface area contributed by atoms with Crippen LogP contribution in [0.3, 0.4) is 0 Å². The van der Waals surface area contributed by atoms with Gasteiger partial charge in [0.25, 0.3) is 5.91 Å². The molecule has 0 bridgehead atoms. The van der Waals surface area contributed by atoms with Crippen LogP contribution in [0.1, 0.15) is 51.9 Å². The summed E-state index contributed by atoms with van der Waals surface area (Å²) in [6.45, 7) is 15.4. The largest absolute Gasteiger partial charge is 0.294 e. The molecule has 0 fully saturated rings. The lowest BCUT2D eigenvalue weighted by Gasteiger charge is -2.24. The van der Waals surface area contributed by atoms with Crippen molar-refractivity contribution in [3.63, 3.8) is 0 Å². The van der Waals surface area contributed by atoms with Crippen molar-refractivity contribution in [1.82, 2.24) is 9.58 Å². The first-order chi connectivity index (χ1) is 10.3. The summed E-state index contributed by atoms with van der Waals surface area (Å²) < 4.78 is 1.87. The second-order valence-corrected chi connectivity index (χ2v) is 7.13. The van der Waals surface area contributed by atoms with Crippen molar-refractivity contribution in [3.05, 3.63) is 23.5 Å². The Labute approximate surface area is 135 Å². The SMILES string of the molecule is Cc1ccc(C)n1NC(=O)CN(CCC(C)C)CCC(C)C. The quantitative estimate of drug-likeness (QED) is 0.757. The van der Waals surface area contributed by atoms with Gasteiger partial charge < -0.3 is 0 Å². The van der Waals surface area contributed by atoms with Crippen LogP contribution in [-0.2, 0) is 4.79 Å². The van der Waals surface area contributed by atoms with Gasteiger partial charge in [-0.3, -0.25) is 19.8 Å². The molecule has 0 spiro atoms. The van der Waals surface area contributed by atoms with Crippen LogP contribution in [0.15, 0.2) is 12.1 Å². The predicted molar refractivity (Wildman–Crippen MR) is 93.6 cm³/mol. The van der Waals surface area contributed by atoms with Gasteiger partial charge in [-0.05, 0) is 63.7 Å². The molecule has 1 aromatic heterocycles. The van der Waals surface area contributed by atoms with Crippen molar-refractivity contribution < 1.29 is 4.79 Å². The van der Waals surface area contributed by atoms with Gasteiger partial charge in [0.1, 0.15) is 0 Å². The van der Waals surface area contributed by atoms with Crippen LogP contribution in [0.5, 0.6) is 0 Å². The number of nitrogens with one attached hydrogen (secondary N) is 1. The second kappa shape index (κ2) is 8.99. The molecule has 4 heteroatoms. The molecule has 0 radical (unpaired) electrons. The van der Waals surface area contributed by atoms with Crippen LogP contribution in [0, 0.1) is 25.7 Å². The van der Waals surface area contributed by atoms with Crippen molar-refractivity contribution in [2.45, 2.75) is 54.4 Å². The highest BCUT2D eigenvalue weighted by molar-refractivity contribution is 5.85. The third-order valence-electron chi connectivity index (χ3n) is 3.92. The number of amides is 1. The Balaban J connectivity index is 2.57. The summed E-state index contributed by atoms with van der Waals surface area (Å²) in [6, 6.07) is 4.04. The topological polar surface area (TPSA) is 37.3 Å². The van der Waals surface area contributed by atoms with E-state index in [1.165, 1.54) is 0 Å². The number of rotatable bonds is 9. The average molecular weight is 307 g/mol. The van der Waals surface area contributed by atoms with Gasteiger partial charge >= 0.3 is 0 Å². The van der Waals surface area contributed by atoms with Gasteiger partial charge in [-0.15, -0.1) is 0 Å². The summed E-state index contributed by atoms with van der Waals surface area (Å²) in [5.74, 6) is 1.40. The zero-order valence-corrected chi connectivity index (χ0v) is 15.1. The Hall–Kier alpha value is -1.29. The van der Waals surface area contributed by atoms with E-state index in [0.29, 0.717) is 18.4 Å². The van der Waals surface area contributed by atoms with Gasteiger partial charge in [0, 0.05) is 11.4 Å². The maximum absolute atomic E-state index is 12.3.